The number of carbonyl (C=O) groups excluding carboxylic acids is 1. The summed E-state index contributed by atoms with van der Waals surface area (Å²) in [6.07, 6.45) is -1.66. The summed E-state index contributed by atoms with van der Waals surface area (Å²) in [7, 11) is 0. The molecule has 4 aromatic rings. The Hall–Kier alpha value is -4.47. The fraction of sp³-hybridized carbons (Fsp3) is 0.0417. The van der Waals surface area contributed by atoms with Crippen molar-refractivity contribution in [1.29, 1.82) is 5.41 Å². The van der Waals surface area contributed by atoms with E-state index in [9.17, 15) is 22.4 Å². The maximum atomic E-state index is 14.7. The number of nitrogens with two attached hydrogens (primary N) is 1. The summed E-state index contributed by atoms with van der Waals surface area (Å²) in [6.45, 7) is 0. The molecule has 0 spiro atoms. The molecule has 4 rings (SSSR count). The van der Waals surface area contributed by atoms with E-state index in [1.54, 1.807) is 53.1 Å². The smallest absolute Gasteiger partial charge is 0.398 e. The van der Waals surface area contributed by atoms with Crippen molar-refractivity contribution in [1.82, 2.24) is 9.38 Å². The summed E-state index contributed by atoms with van der Waals surface area (Å²) < 4.78 is 56.7. The van der Waals surface area contributed by atoms with Crippen LogP contribution in [0, 0.1) is 11.2 Å². The topological polar surface area (TPSA) is 96.3 Å². The second kappa shape index (κ2) is 8.81. The maximum absolute atomic E-state index is 14.7. The van der Waals surface area contributed by atoms with Crippen molar-refractivity contribution in [2.24, 2.45) is 5.73 Å². The second-order valence-corrected chi connectivity index (χ2v) is 7.22. The van der Waals surface area contributed by atoms with E-state index in [1.165, 1.54) is 0 Å². The van der Waals surface area contributed by atoms with E-state index in [0.29, 0.717) is 23.1 Å². The number of imidazole rings is 1. The van der Waals surface area contributed by atoms with Crippen LogP contribution in [0.1, 0.15) is 21.5 Å². The molecule has 6 nitrogen and oxygen atoms in total. The van der Waals surface area contributed by atoms with Gasteiger partial charge in [0.05, 0.1) is 11.1 Å². The van der Waals surface area contributed by atoms with Crippen molar-refractivity contribution in [2.45, 2.75) is 6.18 Å². The van der Waals surface area contributed by atoms with Gasteiger partial charge < -0.3 is 16.5 Å². The number of rotatable bonds is 5. The van der Waals surface area contributed by atoms with Gasteiger partial charge in [0, 0.05) is 29.2 Å². The number of hydrogen-bond donors (Lipinski definition) is 3. The van der Waals surface area contributed by atoms with E-state index < -0.39 is 40.3 Å². The van der Waals surface area contributed by atoms with Gasteiger partial charge >= 0.3 is 6.18 Å². The highest BCUT2D eigenvalue weighted by atomic mass is 19.4. The zero-order valence-corrected chi connectivity index (χ0v) is 17.4. The van der Waals surface area contributed by atoms with E-state index in [1.807, 2.05) is 6.07 Å². The number of nitrogens with one attached hydrogen (secondary N) is 2. The lowest BCUT2D eigenvalue weighted by Crippen LogP contribution is -2.19. The number of allylic oxidation sites excluding steroid dienone is 1. The lowest BCUT2D eigenvalue weighted by Gasteiger charge is -2.16. The Morgan fingerprint density at radius 3 is 2.44 bits per heavy atom. The molecule has 34 heavy (non-hydrogen) atoms. The van der Waals surface area contributed by atoms with Crippen molar-refractivity contribution in [3.63, 3.8) is 0 Å². The molecule has 0 aliphatic rings. The number of alkyl halides is 3. The molecule has 0 unspecified atom stereocenters. The molecule has 0 bridgehead atoms. The fourth-order valence-electron chi connectivity index (χ4n) is 3.49. The molecule has 2 aromatic heterocycles. The standard InChI is InChI=1S/C24H17F4N5O/c25-18-13-17(24(26,27)28)15(19(30)9-10-29)12-16(18)23(34)32-22-21(14-6-2-1-3-7-14)31-20-8-4-5-11-33(20)22/h1-13,29H,30H2,(H,32,34). The number of halogens is 4. The minimum absolute atomic E-state index is 0.218. The number of carbonyl (C=O) groups is 1. The first kappa shape index (κ1) is 22.7. The van der Waals surface area contributed by atoms with Crippen molar-refractivity contribution in [3.8, 4) is 11.3 Å². The monoisotopic (exact) mass is 467 g/mol. The van der Waals surface area contributed by atoms with Crippen LogP contribution in [0.5, 0.6) is 0 Å². The molecule has 0 radical (unpaired) electrons. The Labute approximate surface area is 190 Å². The molecule has 0 atom stereocenters. The van der Waals surface area contributed by atoms with Gasteiger partial charge in [0.1, 0.15) is 23.0 Å². The second-order valence-electron chi connectivity index (χ2n) is 7.22. The Balaban J connectivity index is 1.83. The minimum atomic E-state index is -4.92. The Morgan fingerprint density at radius 2 is 1.76 bits per heavy atom. The molecule has 2 aromatic carbocycles. The summed E-state index contributed by atoms with van der Waals surface area (Å²) in [5.74, 6) is -2.14. The minimum Gasteiger partial charge on any atom is -0.398 e. The number of benzene rings is 2. The predicted molar refractivity (Wildman–Crippen MR) is 121 cm³/mol. The molecule has 172 valence electrons. The van der Waals surface area contributed by atoms with Gasteiger partial charge in [0.15, 0.2) is 0 Å². The van der Waals surface area contributed by atoms with Gasteiger partial charge in [-0.1, -0.05) is 36.4 Å². The van der Waals surface area contributed by atoms with E-state index in [-0.39, 0.29) is 11.9 Å². The molecule has 0 saturated carbocycles. The third-order valence-electron chi connectivity index (χ3n) is 5.04. The van der Waals surface area contributed by atoms with Crippen LogP contribution in [0.4, 0.5) is 23.4 Å². The fourth-order valence-corrected chi connectivity index (χ4v) is 3.49. The highest BCUT2D eigenvalue weighted by Crippen LogP contribution is 2.36. The maximum Gasteiger partial charge on any atom is 0.417 e. The largest absolute Gasteiger partial charge is 0.417 e. The normalized spacial score (nSPS) is 12.1. The molecule has 4 N–H and O–H groups in total. The molecule has 0 aliphatic heterocycles. The molecule has 0 aliphatic carbocycles. The number of nitrogens with zero attached hydrogens (tertiary/aromatic N) is 2. The lowest BCUT2D eigenvalue weighted by atomic mass is 9.99. The van der Waals surface area contributed by atoms with Gasteiger partial charge in [-0.3, -0.25) is 9.20 Å². The average molecular weight is 467 g/mol. The lowest BCUT2D eigenvalue weighted by molar-refractivity contribution is -0.138. The highest BCUT2D eigenvalue weighted by Gasteiger charge is 2.36. The van der Waals surface area contributed by atoms with E-state index >= 15 is 0 Å². The van der Waals surface area contributed by atoms with Gasteiger partial charge in [0.2, 0.25) is 0 Å². The van der Waals surface area contributed by atoms with Crippen molar-refractivity contribution < 1.29 is 22.4 Å². The van der Waals surface area contributed by atoms with Gasteiger partial charge in [-0.15, -0.1) is 0 Å². The van der Waals surface area contributed by atoms with Gasteiger partial charge in [-0.25, -0.2) is 9.37 Å². The van der Waals surface area contributed by atoms with E-state index in [4.69, 9.17) is 11.1 Å². The van der Waals surface area contributed by atoms with Gasteiger partial charge in [-0.2, -0.15) is 13.2 Å². The van der Waals surface area contributed by atoms with E-state index in [2.05, 4.69) is 10.3 Å². The van der Waals surface area contributed by atoms with Crippen molar-refractivity contribution in [3.05, 3.63) is 95.4 Å². The van der Waals surface area contributed by atoms with E-state index in [0.717, 1.165) is 12.1 Å². The molecule has 1 amide bonds. The van der Waals surface area contributed by atoms with Gasteiger partial charge in [-0.05, 0) is 30.3 Å². The Bertz CT molecular complexity index is 1420. The summed E-state index contributed by atoms with van der Waals surface area (Å²) >= 11 is 0. The number of anilines is 1. The zero-order valence-electron chi connectivity index (χ0n) is 17.4. The zero-order chi connectivity index (χ0) is 24.5. The van der Waals surface area contributed by atoms with Crippen molar-refractivity contribution in [2.75, 3.05) is 5.32 Å². The van der Waals surface area contributed by atoms with Crippen LogP contribution >= 0.6 is 0 Å². The average Bonchev–Trinajstić information content (AvgIpc) is 3.17. The number of amides is 1. The molecular formula is C24H17F4N5O. The summed E-state index contributed by atoms with van der Waals surface area (Å²) in [5, 5.41) is 9.66. The number of hydrogen-bond acceptors (Lipinski definition) is 4. The summed E-state index contributed by atoms with van der Waals surface area (Å²) in [4.78, 5) is 17.6. The van der Waals surface area contributed by atoms with Gasteiger partial charge in [0.25, 0.3) is 5.91 Å². The first-order chi connectivity index (χ1) is 16.2. The van der Waals surface area contributed by atoms with Crippen molar-refractivity contribution >= 4 is 29.3 Å². The molecule has 0 saturated heterocycles. The quantitative estimate of drug-likeness (QED) is 0.272. The third kappa shape index (κ3) is 4.25. The number of fused-ring (bicyclic) bond motifs is 1. The Kier molecular flexibility index (Phi) is 5.89. The summed E-state index contributed by atoms with van der Waals surface area (Å²) in [6, 6.07) is 15.0. The van der Waals surface area contributed by atoms with Crippen LogP contribution in [-0.4, -0.2) is 21.5 Å². The van der Waals surface area contributed by atoms with Crippen LogP contribution in [0.25, 0.3) is 22.6 Å². The molecule has 2 heterocycles. The SMILES string of the molecule is N=CC=C(N)c1cc(C(=O)Nc2c(-c3ccccc3)nc3ccccn23)c(F)cc1C(F)(F)F. The molecular weight excluding hydrogens is 450 g/mol. The van der Waals surface area contributed by atoms with Crippen LogP contribution < -0.4 is 11.1 Å². The molecule has 10 heteroatoms. The Morgan fingerprint density at radius 1 is 1.06 bits per heavy atom. The molecule has 0 fully saturated rings. The highest BCUT2D eigenvalue weighted by molar-refractivity contribution is 6.06. The van der Waals surface area contributed by atoms with Crippen LogP contribution in [-0.2, 0) is 6.18 Å². The van der Waals surface area contributed by atoms with Crippen LogP contribution in [0.2, 0.25) is 0 Å². The predicted octanol–water partition coefficient (Wildman–Crippen LogP) is 5.36. The summed E-state index contributed by atoms with van der Waals surface area (Å²) in [5.41, 5.74) is 4.21. The van der Waals surface area contributed by atoms with Crippen LogP contribution in [0.3, 0.4) is 0 Å². The first-order valence-corrected chi connectivity index (χ1v) is 9.92. The first-order valence-electron chi connectivity index (χ1n) is 9.92. The third-order valence-corrected chi connectivity index (χ3v) is 5.04. The number of pyridine rings is 1. The van der Waals surface area contributed by atoms with Crippen LogP contribution in [0.15, 0.2) is 72.9 Å². The number of aromatic nitrogens is 2.